The van der Waals surface area contributed by atoms with Crippen molar-refractivity contribution in [2.75, 3.05) is 19.5 Å². The Kier molecular flexibility index (Phi) is 4.99. The number of anilines is 1. The monoisotopic (exact) mass is 339 g/mol. The summed E-state index contributed by atoms with van der Waals surface area (Å²) >= 11 is 0. The third-order valence-electron chi connectivity index (χ3n) is 3.10. The van der Waals surface area contributed by atoms with Gasteiger partial charge in [-0.2, -0.15) is 5.26 Å². The first-order valence-electron chi connectivity index (χ1n) is 6.59. The van der Waals surface area contributed by atoms with Crippen molar-refractivity contribution in [3.05, 3.63) is 41.5 Å². The number of esters is 1. The second-order valence-corrected chi connectivity index (χ2v) is 4.60. The fourth-order valence-corrected chi connectivity index (χ4v) is 2.03. The third-order valence-corrected chi connectivity index (χ3v) is 3.10. The zero-order valence-electron chi connectivity index (χ0n) is 12.4. The van der Waals surface area contributed by atoms with E-state index >= 15 is 0 Å². The Morgan fingerprint density at radius 3 is 2.71 bits per heavy atom. The Bertz CT molecular complexity index is 812. The molecule has 24 heavy (non-hydrogen) atoms. The van der Waals surface area contributed by atoms with E-state index in [1.165, 1.54) is 16.8 Å². The molecule has 0 amide bonds. The van der Waals surface area contributed by atoms with Crippen LogP contribution in [0.25, 0.3) is 5.69 Å². The number of benzene rings is 1. The molecule has 9 heteroatoms. The molecule has 0 saturated carbocycles. The van der Waals surface area contributed by atoms with Gasteiger partial charge in [0, 0.05) is 18.0 Å². The standard InChI is InChI=1S/C15H12F3N3O3/c1-23-15(22)14-13(20)8(5-19)6-21(14)9-2-3-11(10(16)4-9)24-7-12(17)18/h2-4,6,12H,7,20H2,1H3. The van der Waals surface area contributed by atoms with E-state index in [-0.39, 0.29) is 28.4 Å². The van der Waals surface area contributed by atoms with Gasteiger partial charge in [0.25, 0.3) is 6.43 Å². The van der Waals surface area contributed by atoms with Gasteiger partial charge in [0.2, 0.25) is 0 Å². The van der Waals surface area contributed by atoms with Crippen molar-refractivity contribution in [2.45, 2.75) is 6.43 Å². The molecular weight excluding hydrogens is 327 g/mol. The van der Waals surface area contributed by atoms with E-state index in [1.807, 2.05) is 6.07 Å². The number of nitrogens with zero attached hydrogens (tertiary/aromatic N) is 2. The van der Waals surface area contributed by atoms with Gasteiger partial charge in [0.15, 0.2) is 17.3 Å². The van der Waals surface area contributed by atoms with Crippen LogP contribution in [-0.2, 0) is 4.74 Å². The van der Waals surface area contributed by atoms with Crippen molar-refractivity contribution in [1.82, 2.24) is 4.57 Å². The molecule has 2 N–H and O–H groups in total. The topological polar surface area (TPSA) is 90.3 Å². The van der Waals surface area contributed by atoms with Crippen LogP contribution in [0.1, 0.15) is 16.1 Å². The number of hydrogen-bond donors (Lipinski definition) is 1. The number of nitrogens with two attached hydrogens (primary N) is 1. The van der Waals surface area contributed by atoms with Gasteiger partial charge in [-0.1, -0.05) is 0 Å². The molecule has 126 valence electrons. The Morgan fingerprint density at radius 2 is 2.17 bits per heavy atom. The number of nitriles is 1. The molecular formula is C15H12F3N3O3. The van der Waals surface area contributed by atoms with E-state index in [0.29, 0.717) is 0 Å². The van der Waals surface area contributed by atoms with Crippen molar-refractivity contribution in [3.8, 4) is 17.5 Å². The largest absolute Gasteiger partial charge is 0.485 e. The van der Waals surface area contributed by atoms with Crippen LogP contribution in [0.4, 0.5) is 18.9 Å². The van der Waals surface area contributed by atoms with Crippen LogP contribution in [0.2, 0.25) is 0 Å². The molecule has 0 radical (unpaired) electrons. The van der Waals surface area contributed by atoms with Gasteiger partial charge >= 0.3 is 5.97 Å². The van der Waals surface area contributed by atoms with Crippen molar-refractivity contribution in [1.29, 1.82) is 5.26 Å². The van der Waals surface area contributed by atoms with Crippen LogP contribution >= 0.6 is 0 Å². The van der Waals surface area contributed by atoms with E-state index in [9.17, 15) is 18.0 Å². The Labute approximate surface area is 134 Å². The Morgan fingerprint density at radius 1 is 1.46 bits per heavy atom. The summed E-state index contributed by atoms with van der Waals surface area (Å²) in [4.78, 5) is 11.9. The summed E-state index contributed by atoms with van der Waals surface area (Å²) in [6.45, 7) is -0.946. The fraction of sp³-hybridized carbons (Fsp3) is 0.200. The number of ether oxygens (including phenoxy) is 2. The lowest BCUT2D eigenvalue weighted by atomic mass is 10.2. The minimum absolute atomic E-state index is 0.00818. The molecule has 1 aromatic heterocycles. The molecule has 1 heterocycles. The second kappa shape index (κ2) is 6.95. The summed E-state index contributed by atoms with van der Waals surface area (Å²) < 4.78 is 48.6. The highest BCUT2D eigenvalue weighted by Crippen LogP contribution is 2.27. The van der Waals surface area contributed by atoms with Crippen LogP contribution in [0.5, 0.6) is 5.75 Å². The summed E-state index contributed by atoms with van der Waals surface area (Å²) in [5.41, 5.74) is 5.63. The molecule has 0 aliphatic heterocycles. The summed E-state index contributed by atoms with van der Waals surface area (Å²) in [6, 6.07) is 5.24. The zero-order valence-corrected chi connectivity index (χ0v) is 12.4. The SMILES string of the molecule is COC(=O)c1c(N)c(C#N)cn1-c1ccc(OCC(F)F)c(F)c1. The van der Waals surface area contributed by atoms with Gasteiger partial charge < -0.3 is 19.8 Å². The predicted octanol–water partition coefficient (Wildman–Crippen LogP) is 2.50. The predicted molar refractivity (Wildman–Crippen MR) is 77.7 cm³/mol. The van der Waals surface area contributed by atoms with Crippen LogP contribution in [0, 0.1) is 17.1 Å². The molecule has 0 spiro atoms. The minimum atomic E-state index is -2.74. The maximum absolute atomic E-state index is 14.0. The Balaban J connectivity index is 2.47. The van der Waals surface area contributed by atoms with Crippen molar-refractivity contribution >= 4 is 11.7 Å². The van der Waals surface area contributed by atoms with Crippen molar-refractivity contribution < 1.29 is 27.4 Å². The normalized spacial score (nSPS) is 10.5. The lowest BCUT2D eigenvalue weighted by Gasteiger charge is -2.11. The molecule has 2 rings (SSSR count). The molecule has 0 bridgehead atoms. The molecule has 0 fully saturated rings. The number of halogens is 3. The first kappa shape index (κ1) is 17.2. The quantitative estimate of drug-likeness (QED) is 0.845. The van der Waals surface area contributed by atoms with Gasteiger partial charge in [0.1, 0.15) is 12.7 Å². The molecule has 0 aliphatic rings. The highest BCUT2D eigenvalue weighted by molar-refractivity contribution is 5.95. The van der Waals surface area contributed by atoms with Gasteiger partial charge in [-0.3, -0.25) is 0 Å². The van der Waals surface area contributed by atoms with E-state index in [0.717, 1.165) is 19.2 Å². The van der Waals surface area contributed by atoms with Crippen LogP contribution in [-0.4, -0.2) is 30.7 Å². The first-order chi connectivity index (χ1) is 11.4. The van der Waals surface area contributed by atoms with Crippen LogP contribution in [0.15, 0.2) is 24.4 Å². The highest BCUT2D eigenvalue weighted by Gasteiger charge is 2.22. The molecule has 0 unspecified atom stereocenters. The first-order valence-corrected chi connectivity index (χ1v) is 6.59. The zero-order chi connectivity index (χ0) is 17.9. The maximum atomic E-state index is 14.0. The van der Waals surface area contributed by atoms with E-state index in [2.05, 4.69) is 9.47 Å². The molecule has 0 aliphatic carbocycles. The number of aromatic nitrogens is 1. The van der Waals surface area contributed by atoms with Crippen LogP contribution in [0.3, 0.4) is 0 Å². The smallest absolute Gasteiger partial charge is 0.357 e. The molecule has 0 saturated heterocycles. The van der Waals surface area contributed by atoms with Crippen LogP contribution < -0.4 is 10.5 Å². The molecule has 6 nitrogen and oxygen atoms in total. The van der Waals surface area contributed by atoms with Gasteiger partial charge in [-0.05, 0) is 12.1 Å². The fourth-order valence-electron chi connectivity index (χ4n) is 2.03. The van der Waals surface area contributed by atoms with Crippen molar-refractivity contribution in [2.24, 2.45) is 0 Å². The number of alkyl halides is 2. The third kappa shape index (κ3) is 3.27. The number of carbonyl (C=O) groups is 1. The second-order valence-electron chi connectivity index (χ2n) is 4.60. The number of carbonyl (C=O) groups excluding carboxylic acids is 1. The number of rotatable bonds is 5. The van der Waals surface area contributed by atoms with Gasteiger partial charge in [-0.15, -0.1) is 0 Å². The number of nitrogen functional groups attached to an aromatic ring is 1. The minimum Gasteiger partial charge on any atom is -0.485 e. The van der Waals surface area contributed by atoms with E-state index in [4.69, 9.17) is 11.0 Å². The lowest BCUT2D eigenvalue weighted by Crippen LogP contribution is -2.12. The Hall–Kier alpha value is -3.15. The summed E-state index contributed by atoms with van der Waals surface area (Å²) in [5, 5.41) is 9.02. The van der Waals surface area contributed by atoms with E-state index < -0.39 is 24.8 Å². The van der Waals surface area contributed by atoms with Gasteiger partial charge in [-0.25, -0.2) is 18.0 Å². The average Bonchev–Trinajstić information content (AvgIpc) is 2.89. The highest BCUT2D eigenvalue weighted by atomic mass is 19.3. The molecule has 2 aromatic rings. The number of methoxy groups -OCH3 is 1. The summed E-state index contributed by atoms with van der Waals surface area (Å²) in [6.07, 6.45) is -1.49. The maximum Gasteiger partial charge on any atom is 0.357 e. The molecule has 0 atom stereocenters. The molecule has 1 aromatic carbocycles. The van der Waals surface area contributed by atoms with Crippen molar-refractivity contribution in [3.63, 3.8) is 0 Å². The van der Waals surface area contributed by atoms with E-state index in [1.54, 1.807) is 0 Å². The summed E-state index contributed by atoms with van der Waals surface area (Å²) in [7, 11) is 1.13. The van der Waals surface area contributed by atoms with Gasteiger partial charge in [0.05, 0.1) is 18.4 Å². The lowest BCUT2D eigenvalue weighted by molar-refractivity contribution is 0.0592. The number of hydrogen-bond acceptors (Lipinski definition) is 5. The average molecular weight is 339 g/mol. The summed E-state index contributed by atoms with van der Waals surface area (Å²) in [5.74, 6) is -2.08.